The molecule has 7 heteroatoms. The van der Waals surface area contributed by atoms with Crippen LogP contribution in [-0.4, -0.2) is 59.8 Å². The first kappa shape index (κ1) is 15.4. The Kier molecular flexibility index (Phi) is 4.47. The van der Waals surface area contributed by atoms with Crippen molar-refractivity contribution < 1.29 is 9.53 Å². The van der Waals surface area contributed by atoms with Crippen LogP contribution in [0, 0.1) is 0 Å². The molecule has 23 heavy (non-hydrogen) atoms. The van der Waals surface area contributed by atoms with Gasteiger partial charge in [0, 0.05) is 26.8 Å². The van der Waals surface area contributed by atoms with Crippen LogP contribution in [-0.2, 0) is 4.74 Å². The fraction of sp³-hybridized carbons (Fsp3) is 0.375. The van der Waals surface area contributed by atoms with Gasteiger partial charge in [-0.15, -0.1) is 5.10 Å². The zero-order chi connectivity index (χ0) is 16.2. The average Bonchev–Trinajstić information content (AvgIpc) is 2.62. The summed E-state index contributed by atoms with van der Waals surface area (Å²) in [5.74, 6) is 0.735. The summed E-state index contributed by atoms with van der Waals surface area (Å²) in [5.41, 5.74) is 1.18. The summed E-state index contributed by atoms with van der Waals surface area (Å²) < 4.78 is 5.80. The van der Waals surface area contributed by atoms with Crippen LogP contribution in [0.1, 0.15) is 22.3 Å². The van der Waals surface area contributed by atoms with Crippen LogP contribution in [0.5, 0.6) is 0 Å². The van der Waals surface area contributed by atoms with E-state index in [2.05, 4.69) is 15.2 Å². The van der Waals surface area contributed by atoms with Crippen molar-refractivity contribution in [2.75, 3.05) is 38.7 Å². The fourth-order valence-electron chi connectivity index (χ4n) is 2.46. The molecule has 0 aromatic carbocycles. The minimum absolute atomic E-state index is 0.129. The molecule has 1 fully saturated rings. The van der Waals surface area contributed by atoms with E-state index in [-0.39, 0.29) is 12.0 Å². The maximum absolute atomic E-state index is 12.5. The highest BCUT2D eigenvalue weighted by atomic mass is 16.5. The second-order valence-corrected chi connectivity index (χ2v) is 5.53. The van der Waals surface area contributed by atoms with Gasteiger partial charge >= 0.3 is 0 Å². The molecule has 1 amide bonds. The zero-order valence-electron chi connectivity index (χ0n) is 13.2. The van der Waals surface area contributed by atoms with E-state index < -0.39 is 0 Å². The van der Waals surface area contributed by atoms with Gasteiger partial charge in [0.05, 0.1) is 18.8 Å². The highest BCUT2D eigenvalue weighted by Crippen LogP contribution is 2.23. The molecule has 0 aliphatic carbocycles. The average molecular weight is 313 g/mol. The molecule has 0 spiro atoms. The number of nitrogens with zero attached hydrogens (tertiary/aromatic N) is 5. The van der Waals surface area contributed by atoms with Gasteiger partial charge in [0.25, 0.3) is 5.91 Å². The molecular weight excluding hydrogens is 294 g/mol. The van der Waals surface area contributed by atoms with Crippen LogP contribution in [0.3, 0.4) is 0 Å². The highest BCUT2D eigenvalue weighted by molar-refractivity contribution is 5.92. The van der Waals surface area contributed by atoms with Gasteiger partial charge in [-0.2, -0.15) is 5.10 Å². The van der Waals surface area contributed by atoms with Gasteiger partial charge in [0.15, 0.2) is 5.69 Å². The molecule has 2 aromatic heterocycles. The van der Waals surface area contributed by atoms with E-state index in [4.69, 9.17) is 4.74 Å². The number of morpholine rings is 1. The number of pyridine rings is 1. The first-order valence-corrected chi connectivity index (χ1v) is 7.48. The molecule has 0 N–H and O–H groups in total. The third-order valence-corrected chi connectivity index (χ3v) is 3.69. The maximum Gasteiger partial charge on any atom is 0.274 e. The summed E-state index contributed by atoms with van der Waals surface area (Å²) in [5, 5.41) is 7.65. The first-order chi connectivity index (χ1) is 11.1. The van der Waals surface area contributed by atoms with Gasteiger partial charge < -0.3 is 14.5 Å². The molecule has 120 valence electrons. The summed E-state index contributed by atoms with van der Waals surface area (Å²) in [6, 6.07) is 9.19. The van der Waals surface area contributed by atoms with Crippen molar-refractivity contribution in [1.82, 2.24) is 20.1 Å². The molecule has 0 saturated carbocycles. The lowest BCUT2D eigenvalue weighted by Gasteiger charge is -2.32. The largest absolute Gasteiger partial charge is 0.368 e. The summed E-state index contributed by atoms with van der Waals surface area (Å²) in [6.45, 7) is 1.48. The third-order valence-electron chi connectivity index (χ3n) is 3.69. The number of ether oxygens (including phenoxy) is 1. The van der Waals surface area contributed by atoms with Crippen LogP contribution < -0.4 is 4.90 Å². The number of carbonyl (C=O) groups is 1. The molecule has 1 aliphatic heterocycles. The van der Waals surface area contributed by atoms with Crippen molar-refractivity contribution >= 4 is 11.7 Å². The molecular formula is C16H19N5O2. The predicted octanol–water partition coefficient (Wildman–Crippen LogP) is 1.15. The Morgan fingerprint density at radius 2 is 2.17 bits per heavy atom. The standard InChI is InChI=1S/C16H19N5O2/c1-20(2)15-7-3-5-12(18-15)14-11-21(9-10-23-14)16(22)13-6-4-8-17-19-13/h3-8,14H,9-11H2,1-2H3/t14-/m0/s1. The van der Waals surface area contributed by atoms with Crippen LogP contribution in [0.25, 0.3) is 0 Å². The van der Waals surface area contributed by atoms with E-state index in [1.807, 2.05) is 37.2 Å². The Balaban J connectivity index is 1.76. The lowest BCUT2D eigenvalue weighted by atomic mass is 10.1. The number of amides is 1. The van der Waals surface area contributed by atoms with E-state index >= 15 is 0 Å². The number of aromatic nitrogens is 3. The second-order valence-electron chi connectivity index (χ2n) is 5.53. The second kappa shape index (κ2) is 6.70. The lowest BCUT2D eigenvalue weighted by Crippen LogP contribution is -2.42. The van der Waals surface area contributed by atoms with Crippen LogP contribution >= 0.6 is 0 Å². The van der Waals surface area contributed by atoms with Crippen molar-refractivity contribution in [2.45, 2.75) is 6.10 Å². The van der Waals surface area contributed by atoms with Crippen molar-refractivity contribution in [3.8, 4) is 0 Å². The van der Waals surface area contributed by atoms with E-state index in [1.54, 1.807) is 23.2 Å². The molecule has 1 saturated heterocycles. The number of hydrogen-bond donors (Lipinski definition) is 0. The third kappa shape index (κ3) is 3.45. The van der Waals surface area contributed by atoms with Crippen molar-refractivity contribution in [3.63, 3.8) is 0 Å². The van der Waals surface area contributed by atoms with Crippen molar-refractivity contribution in [1.29, 1.82) is 0 Å². The van der Waals surface area contributed by atoms with Gasteiger partial charge in [0.1, 0.15) is 11.9 Å². The molecule has 2 aromatic rings. The summed E-state index contributed by atoms with van der Waals surface area (Å²) >= 11 is 0. The first-order valence-electron chi connectivity index (χ1n) is 7.48. The normalized spacial score (nSPS) is 17.8. The van der Waals surface area contributed by atoms with Crippen LogP contribution in [0.4, 0.5) is 5.82 Å². The fourth-order valence-corrected chi connectivity index (χ4v) is 2.46. The predicted molar refractivity (Wildman–Crippen MR) is 85.2 cm³/mol. The highest BCUT2D eigenvalue weighted by Gasteiger charge is 2.27. The van der Waals surface area contributed by atoms with Gasteiger partial charge in [-0.05, 0) is 24.3 Å². The smallest absolute Gasteiger partial charge is 0.274 e. The topological polar surface area (TPSA) is 71.5 Å². The Morgan fingerprint density at radius 3 is 2.91 bits per heavy atom. The van der Waals surface area contributed by atoms with Gasteiger partial charge in [-0.3, -0.25) is 4.79 Å². The van der Waals surface area contributed by atoms with E-state index in [0.717, 1.165) is 11.5 Å². The van der Waals surface area contributed by atoms with Crippen LogP contribution in [0.2, 0.25) is 0 Å². The number of hydrogen-bond acceptors (Lipinski definition) is 6. The maximum atomic E-state index is 12.5. The molecule has 0 unspecified atom stereocenters. The summed E-state index contributed by atoms with van der Waals surface area (Å²) in [6.07, 6.45) is 1.32. The Morgan fingerprint density at radius 1 is 1.30 bits per heavy atom. The van der Waals surface area contributed by atoms with Gasteiger partial charge in [-0.25, -0.2) is 4.98 Å². The Hall–Kier alpha value is -2.54. The van der Waals surface area contributed by atoms with Gasteiger partial charge in [-0.1, -0.05) is 6.07 Å². The lowest BCUT2D eigenvalue weighted by molar-refractivity contribution is -0.0249. The minimum atomic E-state index is -0.232. The minimum Gasteiger partial charge on any atom is -0.368 e. The summed E-state index contributed by atoms with van der Waals surface area (Å²) in [4.78, 5) is 20.8. The number of carbonyl (C=O) groups excluding carboxylic acids is 1. The molecule has 1 aliphatic rings. The molecule has 3 rings (SSSR count). The van der Waals surface area contributed by atoms with E-state index in [0.29, 0.717) is 25.4 Å². The van der Waals surface area contributed by atoms with E-state index in [1.165, 1.54) is 0 Å². The zero-order valence-corrected chi connectivity index (χ0v) is 13.2. The molecule has 0 radical (unpaired) electrons. The molecule has 0 bridgehead atoms. The van der Waals surface area contributed by atoms with Gasteiger partial charge in [0.2, 0.25) is 0 Å². The molecule has 3 heterocycles. The number of rotatable bonds is 3. The SMILES string of the molecule is CN(C)c1cccc([C@@H]2CN(C(=O)c3cccnn3)CCO2)n1. The monoisotopic (exact) mass is 313 g/mol. The number of anilines is 1. The van der Waals surface area contributed by atoms with Crippen molar-refractivity contribution in [2.24, 2.45) is 0 Å². The summed E-state index contributed by atoms with van der Waals surface area (Å²) in [7, 11) is 3.88. The quantitative estimate of drug-likeness (QED) is 0.846. The molecule has 1 atom stereocenters. The Bertz CT molecular complexity index is 677. The van der Waals surface area contributed by atoms with E-state index in [9.17, 15) is 4.79 Å². The molecule has 7 nitrogen and oxygen atoms in total. The van der Waals surface area contributed by atoms with Crippen LogP contribution in [0.15, 0.2) is 36.5 Å². The van der Waals surface area contributed by atoms with Crippen molar-refractivity contribution in [3.05, 3.63) is 47.9 Å². The Labute approximate surface area is 134 Å².